The van der Waals surface area contributed by atoms with Crippen LogP contribution < -0.4 is 0 Å². The number of pyridine rings is 2. The van der Waals surface area contributed by atoms with Gasteiger partial charge >= 0.3 is 0 Å². The predicted molar refractivity (Wildman–Crippen MR) is 119 cm³/mol. The molecular formula is C25H25F3N4O. The Balaban J connectivity index is 1.41. The molecule has 3 heterocycles. The maximum absolute atomic E-state index is 13.7. The number of oxime groups is 1. The molecule has 1 fully saturated rings. The second-order valence-electron chi connectivity index (χ2n) is 7.99. The Kier molecular flexibility index (Phi) is 7.34. The number of nitrogens with zero attached hydrogens (tertiary/aromatic N) is 4. The van der Waals surface area contributed by atoms with Gasteiger partial charge in [-0.2, -0.15) is 0 Å². The molecule has 0 atom stereocenters. The minimum absolute atomic E-state index is 0.314. The van der Waals surface area contributed by atoms with Crippen molar-refractivity contribution < 1.29 is 18.0 Å². The summed E-state index contributed by atoms with van der Waals surface area (Å²) in [4.78, 5) is 16.2. The van der Waals surface area contributed by atoms with E-state index in [1.807, 2.05) is 12.1 Å². The van der Waals surface area contributed by atoms with Crippen molar-refractivity contribution in [2.75, 3.05) is 19.7 Å². The molecule has 0 N–H and O–H groups in total. The monoisotopic (exact) mass is 454 g/mol. The number of hydrogen-bond acceptors (Lipinski definition) is 5. The lowest BCUT2D eigenvalue weighted by Crippen LogP contribution is -2.32. The molecule has 0 unspecified atom stereocenters. The fraction of sp³-hybridized carbons (Fsp3) is 0.320. The molecule has 3 aromatic rings. The maximum Gasteiger partial charge on any atom is 0.159 e. The van der Waals surface area contributed by atoms with Gasteiger partial charge in [-0.05, 0) is 74.8 Å². The molecule has 0 amide bonds. The minimum Gasteiger partial charge on any atom is -0.396 e. The SMILES string of the molecule is CCO/N=C(\c1ccc(F)c(F)c1)c1ccc(CN2CCC(c3ccc(F)cn3)CC2)cn1. The van der Waals surface area contributed by atoms with Crippen molar-refractivity contribution in [3.05, 3.63) is 94.8 Å². The summed E-state index contributed by atoms with van der Waals surface area (Å²) in [6.07, 6.45) is 4.97. The molecule has 0 radical (unpaired) electrons. The van der Waals surface area contributed by atoms with E-state index in [0.717, 1.165) is 55.9 Å². The molecule has 0 saturated carbocycles. The van der Waals surface area contributed by atoms with Gasteiger partial charge in [-0.25, -0.2) is 13.2 Å². The van der Waals surface area contributed by atoms with Crippen LogP contribution in [0.3, 0.4) is 0 Å². The summed E-state index contributed by atoms with van der Waals surface area (Å²) in [5, 5.41) is 4.07. The van der Waals surface area contributed by atoms with Crippen molar-refractivity contribution >= 4 is 5.71 Å². The third-order valence-corrected chi connectivity index (χ3v) is 5.71. The molecule has 0 spiro atoms. The first-order valence-electron chi connectivity index (χ1n) is 11.0. The van der Waals surface area contributed by atoms with Crippen molar-refractivity contribution in [3.8, 4) is 0 Å². The van der Waals surface area contributed by atoms with Gasteiger partial charge in [0.1, 0.15) is 18.1 Å². The molecule has 1 aliphatic heterocycles. The van der Waals surface area contributed by atoms with Crippen molar-refractivity contribution in [1.82, 2.24) is 14.9 Å². The lowest BCUT2D eigenvalue weighted by atomic mass is 9.93. The molecule has 33 heavy (non-hydrogen) atoms. The van der Waals surface area contributed by atoms with Crippen LogP contribution in [0.2, 0.25) is 0 Å². The van der Waals surface area contributed by atoms with E-state index in [1.165, 1.54) is 18.3 Å². The van der Waals surface area contributed by atoms with E-state index < -0.39 is 11.6 Å². The Morgan fingerprint density at radius 1 is 1.00 bits per heavy atom. The molecule has 0 aliphatic carbocycles. The fourth-order valence-corrected chi connectivity index (χ4v) is 3.95. The van der Waals surface area contributed by atoms with E-state index in [0.29, 0.717) is 29.5 Å². The van der Waals surface area contributed by atoms with Crippen LogP contribution in [0, 0.1) is 17.5 Å². The molecule has 5 nitrogen and oxygen atoms in total. The highest BCUT2D eigenvalue weighted by atomic mass is 19.2. The van der Waals surface area contributed by atoms with Crippen LogP contribution in [0.5, 0.6) is 0 Å². The van der Waals surface area contributed by atoms with Gasteiger partial charge in [0.2, 0.25) is 0 Å². The van der Waals surface area contributed by atoms with E-state index in [4.69, 9.17) is 4.84 Å². The summed E-state index contributed by atoms with van der Waals surface area (Å²) < 4.78 is 40.2. The highest BCUT2D eigenvalue weighted by Crippen LogP contribution is 2.27. The zero-order valence-electron chi connectivity index (χ0n) is 18.3. The van der Waals surface area contributed by atoms with E-state index in [9.17, 15) is 13.2 Å². The highest BCUT2D eigenvalue weighted by molar-refractivity contribution is 6.11. The Bertz CT molecular complexity index is 1100. The highest BCUT2D eigenvalue weighted by Gasteiger charge is 2.22. The normalized spacial score (nSPS) is 15.6. The quantitative estimate of drug-likeness (QED) is 0.370. The van der Waals surface area contributed by atoms with Crippen LogP contribution in [0.15, 0.2) is 60.0 Å². The van der Waals surface area contributed by atoms with Crippen molar-refractivity contribution in [2.45, 2.75) is 32.2 Å². The van der Waals surface area contributed by atoms with Crippen LogP contribution in [-0.4, -0.2) is 40.3 Å². The number of aromatic nitrogens is 2. The zero-order chi connectivity index (χ0) is 23.2. The van der Waals surface area contributed by atoms with Gasteiger partial charge < -0.3 is 4.84 Å². The lowest BCUT2D eigenvalue weighted by Gasteiger charge is -2.31. The third kappa shape index (κ3) is 5.76. The molecular weight excluding hydrogens is 429 g/mol. The Morgan fingerprint density at radius 2 is 1.82 bits per heavy atom. The van der Waals surface area contributed by atoms with E-state index in [-0.39, 0.29) is 5.82 Å². The molecule has 172 valence electrons. The third-order valence-electron chi connectivity index (χ3n) is 5.71. The van der Waals surface area contributed by atoms with Gasteiger partial charge in [0.25, 0.3) is 0 Å². The molecule has 4 rings (SSSR count). The number of hydrogen-bond donors (Lipinski definition) is 0. The van der Waals surface area contributed by atoms with Crippen molar-refractivity contribution in [3.63, 3.8) is 0 Å². The summed E-state index contributed by atoms with van der Waals surface area (Å²) in [5.74, 6) is -1.84. The van der Waals surface area contributed by atoms with Crippen molar-refractivity contribution in [1.29, 1.82) is 0 Å². The molecule has 1 aliphatic rings. The number of rotatable bonds is 7. The lowest BCUT2D eigenvalue weighted by molar-refractivity contribution is 0.159. The zero-order valence-corrected chi connectivity index (χ0v) is 18.3. The number of piperidine rings is 1. The van der Waals surface area contributed by atoms with Gasteiger partial charge in [0, 0.05) is 29.9 Å². The predicted octanol–water partition coefficient (Wildman–Crippen LogP) is 5.06. The summed E-state index contributed by atoms with van der Waals surface area (Å²) >= 11 is 0. The standard InChI is InChI=1S/C25H25F3N4O/c1-2-33-31-25(19-4-6-21(27)22(28)13-19)24-7-3-17(14-29-24)16-32-11-9-18(10-12-32)23-8-5-20(26)15-30-23/h3-8,13-15,18H,2,9-12,16H2,1H3/b31-25+. The molecule has 1 saturated heterocycles. The molecule has 2 aromatic heterocycles. The van der Waals surface area contributed by atoms with Crippen LogP contribution >= 0.6 is 0 Å². The molecule has 0 bridgehead atoms. The minimum atomic E-state index is -0.951. The summed E-state index contributed by atoms with van der Waals surface area (Å²) in [7, 11) is 0. The van der Waals surface area contributed by atoms with Crippen molar-refractivity contribution in [2.24, 2.45) is 5.16 Å². The maximum atomic E-state index is 13.7. The van der Waals surface area contributed by atoms with Crippen LogP contribution in [0.1, 0.15) is 48.2 Å². The van der Waals surface area contributed by atoms with Crippen LogP contribution in [0.25, 0.3) is 0 Å². The second kappa shape index (κ2) is 10.6. The smallest absolute Gasteiger partial charge is 0.159 e. The summed E-state index contributed by atoms with van der Waals surface area (Å²) in [6.45, 7) is 4.71. The van der Waals surface area contributed by atoms with E-state index >= 15 is 0 Å². The Hall–Kier alpha value is -3.26. The van der Waals surface area contributed by atoms with E-state index in [1.54, 1.807) is 19.2 Å². The average molecular weight is 454 g/mol. The Labute approximate surface area is 190 Å². The first kappa shape index (κ1) is 22.9. The van der Waals surface area contributed by atoms with Gasteiger partial charge in [0.05, 0.1) is 11.9 Å². The van der Waals surface area contributed by atoms with Crippen LogP contribution in [0.4, 0.5) is 13.2 Å². The van der Waals surface area contributed by atoms with Gasteiger partial charge in [0.15, 0.2) is 11.6 Å². The number of halogens is 3. The topological polar surface area (TPSA) is 50.6 Å². The van der Waals surface area contributed by atoms with Gasteiger partial charge in [-0.15, -0.1) is 0 Å². The van der Waals surface area contributed by atoms with E-state index in [2.05, 4.69) is 20.0 Å². The number of benzene rings is 1. The molecule has 1 aromatic carbocycles. The van der Waals surface area contributed by atoms with Gasteiger partial charge in [-0.1, -0.05) is 11.2 Å². The fourth-order valence-electron chi connectivity index (χ4n) is 3.95. The Morgan fingerprint density at radius 3 is 2.45 bits per heavy atom. The number of likely N-dealkylation sites (tertiary alicyclic amines) is 1. The second-order valence-corrected chi connectivity index (χ2v) is 7.99. The average Bonchev–Trinajstić information content (AvgIpc) is 2.83. The first-order valence-corrected chi connectivity index (χ1v) is 11.0. The van der Waals surface area contributed by atoms with Crippen LogP contribution in [-0.2, 0) is 11.4 Å². The molecule has 8 heteroatoms. The summed E-state index contributed by atoms with van der Waals surface area (Å²) in [6, 6.07) is 10.6. The first-order chi connectivity index (χ1) is 16.0. The largest absolute Gasteiger partial charge is 0.396 e. The van der Waals surface area contributed by atoms with Gasteiger partial charge in [-0.3, -0.25) is 14.9 Å². The summed E-state index contributed by atoms with van der Waals surface area (Å²) in [5.41, 5.74) is 3.23.